The molecule has 1 aromatic carbocycles. The van der Waals surface area contributed by atoms with Gasteiger partial charge in [-0.25, -0.2) is 4.98 Å². The van der Waals surface area contributed by atoms with Crippen LogP contribution in [0.2, 0.25) is 10.0 Å². The number of hydrazine groups is 1. The fraction of sp³-hybridized carbons (Fsp3) is 0.100. The van der Waals surface area contributed by atoms with Crippen LogP contribution >= 0.6 is 55.1 Å². The van der Waals surface area contributed by atoms with E-state index in [1.54, 1.807) is 37.4 Å². The van der Waals surface area contributed by atoms with Gasteiger partial charge in [0.05, 0.1) is 20.7 Å². The van der Waals surface area contributed by atoms with Crippen LogP contribution in [0.25, 0.3) is 5.82 Å². The van der Waals surface area contributed by atoms with E-state index in [2.05, 4.69) is 53.0 Å². The first kappa shape index (κ1) is 24.2. The number of carbonyl (C=O) groups excluding carboxylic acids is 3. The van der Waals surface area contributed by atoms with E-state index in [4.69, 9.17) is 23.2 Å². The molecule has 2 heterocycles. The molecule has 0 bridgehead atoms. The van der Waals surface area contributed by atoms with Gasteiger partial charge in [0.15, 0.2) is 5.82 Å². The first-order valence-corrected chi connectivity index (χ1v) is 11.3. The maximum Gasteiger partial charge on any atom is 0.272 e. The number of amides is 3. The fourth-order valence-corrected chi connectivity index (χ4v) is 4.20. The highest BCUT2D eigenvalue weighted by Gasteiger charge is 2.24. The van der Waals surface area contributed by atoms with Gasteiger partial charge >= 0.3 is 0 Å². The van der Waals surface area contributed by atoms with E-state index < -0.39 is 17.7 Å². The maximum atomic E-state index is 13.3. The van der Waals surface area contributed by atoms with E-state index >= 15 is 0 Å². The molecule has 0 saturated heterocycles. The Kier molecular flexibility index (Phi) is 7.60. The number of nitrogens with zero attached hydrogens (tertiary/aromatic N) is 2. The van der Waals surface area contributed by atoms with Gasteiger partial charge < -0.3 is 5.32 Å². The van der Waals surface area contributed by atoms with Crippen molar-refractivity contribution >= 4 is 78.5 Å². The number of hydrogen-bond acceptors (Lipinski definition) is 4. The predicted molar refractivity (Wildman–Crippen MR) is 129 cm³/mol. The van der Waals surface area contributed by atoms with Crippen molar-refractivity contribution in [1.82, 2.24) is 20.4 Å². The lowest BCUT2D eigenvalue weighted by atomic mass is 10.1. The molecule has 12 heteroatoms. The summed E-state index contributed by atoms with van der Waals surface area (Å²) in [5.41, 5.74) is 5.53. The van der Waals surface area contributed by atoms with Gasteiger partial charge in [-0.1, -0.05) is 23.2 Å². The van der Waals surface area contributed by atoms with Crippen LogP contribution in [0.1, 0.15) is 33.3 Å². The molecule has 3 amide bonds. The molecule has 0 aliphatic heterocycles. The minimum absolute atomic E-state index is 0.0733. The van der Waals surface area contributed by atoms with Gasteiger partial charge in [-0.2, -0.15) is 0 Å². The molecule has 0 aliphatic rings. The third-order valence-electron chi connectivity index (χ3n) is 4.22. The summed E-state index contributed by atoms with van der Waals surface area (Å²) >= 11 is 19.2. The quantitative estimate of drug-likeness (QED) is 0.363. The molecule has 2 aromatic heterocycles. The summed E-state index contributed by atoms with van der Waals surface area (Å²) in [4.78, 5) is 41.3. The van der Waals surface area contributed by atoms with E-state index in [1.807, 2.05) is 0 Å². The average molecular weight is 604 g/mol. The van der Waals surface area contributed by atoms with E-state index in [0.717, 1.165) is 0 Å². The van der Waals surface area contributed by atoms with E-state index in [9.17, 15) is 14.4 Å². The van der Waals surface area contributed by atoms with Crippen LogP contribution in [0, 0.1) is 6.92 Å². The molecule has 166 valence electrons. The number of rotatable bonds is 4. The minimum atomic E-state index is -0.647. The normalized spacial score (nSPS) is 10.6. The lowest BCUT2D eigenvalue weighted by Crippen LogP contribution is -2.40. The third kappa shape index (κ3) is 5.15. The molecular weight excluding hydrogens is 589 g/mol. The summed E-state index contributed by atoms with van der Waals surface area (Å²) in [6.07, 6.45) is 1.55. The van der Waals surface area contributed by atoms with Crippen molar-refractivity contribution in [2.24, 2.45) is 0 Å². The van der Waals surface area contributed by atoms with Gasteiger partial charge in [-0.3, -0.25) is 29.8 Å². The molecule has 0 unspecified atom stereocenters. The van der Waals surface area contributed by atoms with Gasteiger partial charge in [0.1, 0.15) is 10.3 Å². The molecule has 0 radical (unpaired) electrons. The Hall–Kier alpha value is -2.40. The maximum absolute atomic E-state index is 13.3. The Labute approximate surface area is 209 Å². The second-order valence-corrected chi connectivity index (χ2v) is 9.00. The molecule has 0 saturated carbocycles. The topological polar surface area (TPSA) is 105 Å². The Morgan fingerprint density at radius 2 is 1.78 bits per heavy atom. The lowest BCUT2D eigenvalue weighted by molar-refractivity contribution is -0.119. The first-order chi connectivity index (χ1) is 15.1. The monoisotopic (exact) mass is 601 g/mol. The zero-order valence-corrected chi connectivity index (χ0v) is 21.3. The molecule has 3 rings (SSSR count). The number of nitrogens with one attached hydrogen (secondary N) is 3. The van der Waals surface area contributed by atoms with Crippen molar-refractivity contribution in [3.8, 4) is 5.82 Å². The second kappa shape index (κ2) is 10.0. The van der Waals surface area contributed by atoms with E-state index in [0.29, 0.717) is 30.5 Å². The molecule has 3 aromatic rings. The summed E-state index contributed by atoms with van der Waals surface area (Å²) in [7, 11) is 0. The molecule has 0 aliphatic carbocycles. The summed E-state index contributed by atoms with van der Waals surface area (Å²) in [5, 5.41) is 3.39. The van der Waals surface area contributed by atoms with Crippen LogP contribution in [0.5, 0.6) is 0 Å². The fourth-order valence-electron chi connectivity index (χ4n) is 2.85. The number of halogens is 4. The third-order valence-corrected chi connectivity index (χ3v) is 6.65. The number of aromatic nitrogens is 2. The Bertz CT molecular complexity index is 1250. The van der Waals surface area contributed by atoms with Crippen LogP contribution in [0.15, 0.2) is 45.6 Å². The van der Waals surface area contributed by atoms with Crippen molar-refractivity contribution in [3.05, 3.63) is 72.5 Å². The number of hydrogen-bond donors (Lipinski definition) is 3. The lowest BCUT2D eigenvalue weighted by Gasteiger charge is -2.16. The highest BCUT2D eigenvalue weighted by atomic mass is 79.9. The number of carbonyl (C=O) groups is 3. The summed E-state index contributed by atoms with van der Waals surface area (Å²) in [6, 6.07) is 7.91. The van der Waals surface area contributed by atoms with Gasteiger partial charge in [0.25, 0.3) is 11.8 Å². The number of anilines is 1. The van der Waals surface area contributed by atoms with Gasteiger partial charge in [-0.05, 0) is 74.7 Å². The number of benzene rings is 1. The van der Waals surface area contributed by atoms with Gasteiger partial charge in [-0.15, -0.1) is 0 Å². The van der Waals surface area contributed by atoms with Crippen molar-refractivity contribution in [2.45, 2.75) is 13.8 Å². The van der Waals surface area contributed by atoms with E-state index in [1.165, 1.54) is 17.6 Å². The van der Waals surface area contributed by atoms with Crippen LogP contribution in [0.4, 0.5) is 5.69 Å². The van der Waals surface area contributed by atoms with Crippen LogP contribution < -0.4 is 16.2 Å². The highest BCUT2D eigenvalue weighted by molar-refractivity contribution is 9.13. The first-order valence-electron chi connectivity index (χ1n) is 8.96. The van der Waals surface area contributed by atoms with Crippen molar-refractivity contribution in [2.75, 3.05) is 5.32 Å². The van der Waals surface area contributed by atoms with Crippen molar-refractivity contribution in [3.63, 3.8) is 0 Å². The Morgan fingerprint density at radius 1 is 1.06 bits per heavy atom. The van der Waals surface area contributed by atoms with Crippen LogP contribution in [-0.4, -0.2) is 27.3 Å². The zero-order chi connectivity index (χ0) is 23.6. The summed E-state index contributed by atoms with van der Waals surface area (Å²) < 4.78 is 2.66. The van der Waals surface area contributed by atoms with Gasteiger partial charge in [0, 0.05) is 18.1 Å². The molecule has 0 fully saturated rings. The molecule has 8 nitrogen and oxygen atoms in total. The van der Waals surface area contributed by atoms with E-state index in [-0.39, 0.29) is 16.9 Å². The Balaban J connectivity index is 2.04. The number of pyridine rings is 1. The molecule has 0 spiro atoms. The average Bonchev–Trinajstić information content (AvgIpc) is 3.03. The zero-order valence-electron chi connectivity index (χ0n) is 16.6. The van der Waals surface area contributed by atoms with Crippen LogP contribution in [-0.2, 0) is 4.79 Å². The van der Waals surface area contributed by atoms with Gasteiger partial charge in [0.2, 0.25) is 5.91 Å². The summed E-state index contributed by atoms with van der Waals surface area (Å²) in [6.45, 7) is 2.94. The van der Waals surface area contributed by atoms with Crippen LogP contribution in [0.3, 0.4) is 0 Å². The Morgan fingerprint density at radius 3 is 2.44 bits per heavy atom. The number of aryl methyl sites for hydroxylation is 1. The predicted octanol–water partition coefficient (Wildman–Crippen LogP) is 5.05. The smallest absolute Gasteiger partial charge is 0.272 e. The second-order valence-electron chi connectivity index (χ2n) is 6.55. The van der Waals surface area contributed by atoms with Crippen molar-refractivity contribution < 1.29 is 14.4 Å². The molecule has 32 heavy (non-hydrogen) atoms. The largest absolute Gasteiger partial charge is 0.320 e. The highest BCUT2D eigenvalue weighted by Crippen LogP contribution is 2.33. The summed E-state index contributed by atoms with van der Waals surface area (Å²) in [5.74, 6) is -1.29. The minimum Gasteiger partial charge on any atom is -0.320 e. The molecule has 3 N–H and O–H groups in total. The standard InChI is InChI=1S/C20H15Br2Cl2N5O3/c1-9-6-11(23)7-12(19(31)28-27-10(2)30)16(9)26-20(32)15-8-13(21)17(22)29(15)18-14(24)4-3-5-25-18/h3-8H,1-2H3,(H,26,32)(H,27,30)(H,28,31). The van der Waals surface area contributed by atoms with Crippen molar-refractivity contribution in [1.29, 1.82) is 0 Å². The molecule has 0 atom stereocenters. The molecular formula is C20H15Br2Cl2N5O3. The SMILES string of the molecule is CC(=O)NNC(=O)c1cc(Cl)cc(C)c1NC(=O)c1cc(Br)c(Br)n1-c1ncccc1Cl.